The molecule has 2 atom stereocenters. The van der Waals surface area contributed by atoms with E-state index in [2.05, 4.69) is 66.1 Å². The first kappa shape index (κ1) is 21.2. The van der Waals surface area contributed by atoms with Crippen molar-refractivity contribution >= 4 is 11.3 Å². The monoisotopic (exact) mass is 377 g/mol. The molecule has 0 radical (unpaired) electrons. The van der Waals surface area contributed by atoms with Crippen molar-refractivity contribution < 1.29 is 9.30 Å². The van der Waals surface area contributed by atoms with Crippen LogP contribution in [0.25, 0.3) is 0 Å². The fourth-order valence-electron chi connectivity index (χ4n) is 3.17. The van der Waals surface area contributed by atoms with E-state index >= 15 is 0 Å². The number of imidazole rings is 1. The third-order valence-electron chi connectivity index (χ3n) is 4.97. The van der Waals surface area contributed by atoms with E-state index in [4.69, 9.17) is 4.74 Å². The molecule has 2 rings (SSSR count). The van der Waals surface area contributed by atoms with Crippen LogP contribution in [-0.2, 0) is 17.8 Å². The highest BCUT2D eigenvalue weighted by Crippen LogP contribution is 2.24. The molecule has 4 heteroatoms. The van der Waals surface area contributed by atoms with Crippen molar-refractivity contribution in [3.63, 3.8) is 0 Å². The summed E-state index contributed by atoms with van der Waals surface area (Å²) >= 11 is 1.79. The molecule has 0 saturated carbocycles. The first-order chi connectivity index (χ1) is 12.7. The van der Waals surface area contributed by atoms with Gasteiger partial charge >= 0.3 is 0 Å². The van der Waals surface area contributed by atoms with Crippen molar-refractivity contribution in [1.29, 1.82) is 0 Å². The molecule has 0 bridgehead atoms. The average molecular weight is 378 g/mol. The molecule has 0 fully saturated rings. The Bertz CT molecular complexity index is 579. The topological polar surface area (TPSA) is 18.0 Å². The van der Waals surface area contributed by atoms with Crippen LogP contribution in [0.15, 0.2) is 36.2 Å². The highest BCUT2D eigenvalue weighted by atomic mass is 32.1. The maximum absolute atomic E-state index is 6.28. The standard InChI is InChI=1S/C22H37N2OS/c1-4-6-7-8-9-10-11-14-23-15-16-24(19-23)18-21(25-20(3)5-2)22-13-12-17-26-22/h12-13,15-17,19-21H,4-11,14,18H2,1-3H3/q+1. The Morgan fingerprint density at radius 1 is 1.12 bits per heavy atom. The average Bonchev–Trinajstić information content (AvgIpc) is 3.32. The van der Waals surface area contributed by atoms with Gasteiger partial charge in [-0.1, -0.05) is 52.0 Å². The number of rotatable bonds is 14. The second-order valence-electron chi connectivity index (χ2n) is 7.33. The van der Waals surface area contributed by atoms with Crippen molar-refractivity contribution in [2.75, 3.05) is 0 Å². The van der Waals surface area contributed by atoms with Crippen molar-refractivity contribution in [2.24, 2.45) is 0 Å². The van der Waals surface area contributed by atoms with Crippen LogP contribution in [0.3, 0.4) is 0 Å². The van der Waals surface area contributed by atoms with Crippen LogP contribution in [0, 0.1) is 0 Å². The number of ether oxygens (including phenoxy) is 1. The van der Waals surface area contributed by atoms with E-state index in [0.29, 0.717) is 0 Å². The van der Waals surface area contributed by atoms with Gasteiger partial charge in [0.05, 0.1) is 12.6 Å². The number of aromatic nitrogens is 2. The van der Waals surface area contributed by atoms with E-state index in [1.807, 2.05) is 0 Å². The van der Waals surface area contributed by atoms with Gasteiger partial charge in [-0.25, -0.2) is 9.13 Å². The lowest BCUT2D eigenvalue weighted by Crippen LogP contribution is -2.36. The van der Waals surface area contributed by atoms with Crippen molar-refractivity contribution in [1.82, 2.24) is 4.57 Å². The third kappa shape index (κ3) is 7.63. The van der Waals surface area contributed by atoms with Crippen LogP contribution in [0.4, 0.5) is 0 Å². The number of hydrogen-bond acceptors (Lipinski definition) is 2. The minimum atomic E-state index is 0.143. The van der Waals surface area contributed by atoms with Crippen LogP contribution in [-0.4, -0.2) is 10.7 Å². The Labute approximate surface area is 164 Å². The number of unbranched alkanes of at least 4 members (excludes halogenated alkanes) is 6. The molecule has 0 spiro atoms. The van der Waals surface area contributed by atoms with Crippen LogP contribution in [0.1, 0.15) is 83.1 Å². The molecule has 2 unspecified atom stereocenters. The molecular formula is C22H37N2OS+. The third-order valence-corrected chi connectivity index (χ3v) is 5.94. The molecule has 0 saturated heterocycles. The molecule has 0 N–H and O–H groups in total. The summed E-state index contributed by atoms with van der Waals surface area (Å²) < 4.78 is 10.9. The Morgan fingerprint density at radius 3 is 2.58 bits per heavy atom. The van der Waals surface area contributed by atoms with Gasteiger partial charge in [0.15, 0.2) is 0 Å². The quantitative estimate of drug-likeness (QED) is 0.285. The summed E-state index contributed by atoms with van der Waals surface area (Å²) in [7, 11) is 0. The smallest absolute Gasteiger partial charge is 0.243 e. The Morgan fingerprint density at radius 2 is 1.88 bits per heavy atom. The van der Waals surface area contributed by atoms with E-state index in [1.54, 1.807) is 11.3 Å². The van der Waals surface area contributed by atoms with Crippen LogP contribution in [0.5, 0.6) is 0 Å². The molecular weight excluding hydrogens is 340 g/mol. The van der Waals surface area contributed by atoms with Crippen LogP contribution < -0.4 is 4.57 Å². The van der Waals surface area contributed by atoms with E-state index in [9.17, 15) is 0 Å². The molecule has 2 heterocycles. The van der Waals surface area contributed by atoms with Gasteiger partial charge in [0.1, 0.15) is 25.0 Å². The van der Waals surface area contributed by atoms with Crippen molar-refractivity contribution in [3.8, 4) is 0 Å². The summed E-state index contributed by atoms with van der Waals surface area (Å²) in [6.07, 6.45) is 17.6. The molecule has 0 aromatic carbocycles. The zero-order valence-corrected chi connectivity index (χ0v) is 17.7. The summed E-state index contributed by atoms with van der Waals surface area (Å²) in [6.45, 7) is 8.63. The van der Waals surface area contributed by atoms with Crippen molar-refractivity contribution in [2.45, 2.75) is 97.4 Å². The fraction of sp³-hybridized carbons (Fsp3) is 0.682. The second-order valence-corrected chi connectivity index (χ2v) is 8.31. The predicted octanol–water partition coefficient (Wildman–Crippen LogP) is 6.14. The van der Waals surface area contributed by atoms with Crippen molar-refractivity contribution in [3.05, 3.63) is 41.1 Å². The summed E-state index contributed by atoms with van der Waals surface area (Å²) in [5, 5.41) is 2.14. The number of nitrogens with zero attached hydrogens (tertiary/aromatic N) is 2. The van der Waals surface area contributed by atoms with Gasteiger partial charge in [0, 0.05) is 4.88 Å². The highest BCUT2D eigenvalue weighted by molar-refractivity contribution is 7.10. The lowest BCUT2D eigenvalue weighted by atomic mass is 10.1. The van der Waals surface area contributed by atoms with Crippen LogP contribution >= 0.6 is 11.3 Å². The van der Waals surface area contributed by atoms with Gasteiger partial charge in [-0.3, -0.25) is 0 Å². The first-order valence-electron chi connectivity index (χ1n) is 10.5. The summed E-state index contributed by atoms with van der Waals surface area (Å²) in [5.74, 6) is 0. The van der Waals surface area contributed by atoms with Gasteiger partial charge in [0.25, 0.3) is 0 Å². The van der Waals surface area contributed by atoms with Gasteiger partial charge < -0.3 is 4.74 Å². The number of hydrogen-bond donors (Lipinski definition) is 0. The molecule has 0 aliphatic carbocycles. The summed E-state index contributed by atoms with van der Waals surface area (Å²) in [5.41, 5.74) is 0. The lowest BCUT2D eigenvalue weighted by molar-refractivity contribution is -0.705. The lowest BCUT2D eigenvalue weighted by Gasteiger charge is -2.19. The molecule has 146 valence electrons. The molecule has 26 heavy (non-hydrogen) atoms. The number of thiophene rings is 1. The molecule has 2 aromatic rings. The van der Waals surface area contributed by atoms with E-state index in [1.165, 1.54) is 49.8 Å². The van der Waals surface area contributed by atoms with E-state index < -0.39 is 0 Å². The Balaban J connectivity index is 1.78. The normalized spacial score (nSPS) is 13.8. The zero-order valence-electron chi connectivity index (χ0n) is 16.9. The SMILES string of the molecule is CCCCCCCCCn1cc[n+](CC(OC(C)CC)c2cccs2)c1. The molecule has 0 aliphatic heterocycles. The predicted molar refractivity (Wildman–Crippen MR) is 111 cm³/mol. The maximum Gasteiger partial charge on any atom is 0.243 e. The summed E-state index contributed by atoms with van der Waals surface area (Å²) in [4.78, 5) is 1.32. The van der Waals surface area contributed by atoms with Crippen LogP contribution in [0.2, 0.25) is 0 Å². The highest BCUT2D eigenvalue weighted by Gasteiger charge is 2.19. The largest absolute Gasteiger partial charge is 0.366 e. The minimum Gasteiger partial charge on any atom is -0.366 e. The Hall–Kier alpha value is -1.13. The summed E-state index contributed by atoms with van der Waals surface area (Å²) in [6, 6.07) is 4.30. The molecule has 0 aliphatic rings. The molecule has 2 aromatic heterocycles. The van der Waals surface area contributed by atoms with E-state index in [0.717, 1.165) is 19.5 Å². The number of aryl methyl sites for hydroxylation is 1. The Kier molecular flexibility index (Phi) is 10.0. The molecule has 0 amide bonds. The second kappa shape index (κ2) is 12.3. The van der Waals surface area contributed by atoms with E-state index in [-0.39, 0.29) is 12.2 Å². The fourth-order valence-corrected chi connectivity index (χ4v) is 3.93. The minimum absolute atomic E-state index is 0.143. The van der Waals surface area contributed by atoms with Gasteiger partial charge in [-0.15, -0.1) is 11.3 Å². The first-order valence-corrected chi connectivity index (χ1v) is 11.3. The van der Waals surface area contributed by atoms with Gasteiger partial charge in [-0.2, -0.15) is 0 Å². The molecule has 3 nitrogen and oxygen atoms in total. The van der Waals surface area contributed by atoms with Gasteiger partial charge in [-0.05, 0) is 37.6 Å². The maximum atomic E-state index is 6.28. The zero-order chi connectivity index (χ0) is 18.6. The van der Waals surface area contributed by atoms with Gasteiger partial charge in [0.2, 0.25) is 6.33 Å².